The Bertz CT molecular complexity index is 703. The number of rotatable bonds is 5. The molecule has 0 bridgehead atoms. The molecule has 24 heavy (non-hydrogen) atoms. The van der Waals surface area contributed by atoms with E-state index in [2.05, 4.69) is 31.9 Å². The van der Waals surface area contributed by atoms with Gasteiger partial charge in [0, 0.05) is 45.2 Å². The Kier molecular flexibility index (Phi) is 5.47. The number of carbonyl (C=O) groups is 1. The highest BCUT2D eigenvalue weighted by molar-refractivity contribution is 7.10. The number of carbonyl (C=O) groups excluding carboxylic acids is 1. The Labute approximate surface area is 150 Å². The fourth-order valence-electron chi connectivity index (χ4n) is 2.87. The molecule has 0 radical (unpaired) electrons. The first kappa shape index (κ1) is 17.3. The lowest BCUT2D eigenvalue weighted by atomic mass is 10.2. The van der Waals surface area contributed by atoms with E-state index < -0.39 is 0 Å². The van der Waals surface area contributed by atoms with Crippen molar-refractivity contribution >= 4 is 33.8 Å². The second kappa shape index (κ2) is 7.58. The average Bonchev–Trinajstić information content (AvgIpc) is 3.21. The van der Waals surface area contributed by atoms with Gasteiger partial charge in [0.1, 0.15) is 5.00 Å². The molecule has 1 aliphatic rings. The summed E-state index contributed by atoms with van der Waals surface area (Å²) in [6.07, 6.45) is 0.995. The summed E-state index contributed by atoms with van der Waals surface area (Å²) >= 11 is 3.08. The van der Waals surface area contributed by atoms with Crippen LogP contribution in [-0.4, -0.2) is 58.3 Å². The molecule has 0 unspecified atom stereocenters. The lowest BCUT2D eigenvalue weighted by Gasteiger charge is -2.34. The van der Waals surface area contributed by atoms with Crippen LogP contribution in [0, 0.1) is 6.92 Å². The van der Waals surface area contributed by atoms with Crippen molar-refractivity contribution in [1.82, 2.24) is 19.2 Å². The Balaban J connectivity index is 1.58. The van der Waals surface area contributed by atoms with Crippen molar-refractivity contribution in [2.75, 3.05) is 38.5 Å². The number of thiazole rings is 1. The van der Waals surface area contributed by atoms with E-state index >= 15 is 0 Å². The monoisotopic (exact) mass is 365 g/mol. The van der Waals surface area contributed by atoms with E-state index in [1.54, 1.807) is 11.3 Å². The maximum Gasteiger partial charge on any atom is 0.258 e. The van der Waals surface area contributed by atoms with Crippen LogP contribution in [0.1, 0.15) is 33.7 Å². The summed E-state index contributed by atoms with van der Waals surface area (Å²) in [5.74, 6) is 0.0900. The van der Waals surface area contributed by atoms with Gasteiger partial charge >= 0.3 is 0 Å². The molecule has 1 aliphatic heterocycles. The third-order valence-electron chi connectivity index (χ3n) is 4.25. The van der Waals surface area contributed by atoms with Gasteiger partial charge in [0.25, 0.3) is 5.91 Å². The average molecular weight is 366 g/mol. The standard InChI is InChI=1S/C16H23N5OS2/c1-4-13-18-12(10-23-13)9-20-5-7-21(8-6-20)16(22)14-11(2)19-24-15(14)17-3/h10,17H,4-9H2,1-3H3. The first-order valence-electron chi connectivity index (χ1n) is 8.21. The second-order valence-corrected chi connectivity index (χ2v) is 7.59. The molecule has 2 aromatic rings. The molecule has 6 nitrogen and oxygen atoms in total. The van der Waals surface area contributed by atoms with Crippen molar-refractivity contribution in [3.8, 4) is 0 Å². The molecule has 0 aromatic carbocycles. The molecular formula is C16H23N5OS2. The number of hydrogen-bond donors (Lipinski definition) is 1. The number of aryl methyl sites for hydroxylation is 2. The summed E-state index contributed by atoms with van der Waals surface area (Å²) in [6.45, 7) is 8.18. The summed E-state index contributed by atoms with van der Waals surface area (Å²) in [5.41, 5.74) is 2.68. The molecule has 0 aliphatic carbocycles. The predicted molar refractivity (Wildman–Crippen MR) is 99.1 cm³/mol. The Morgan fingerprint density at radius 3 is 2.71 bits per heavy atom. The lowest BCUT2D eigenvalue weighted by Crippen LogP contribution is -2.48. The molecule has 3 rings (SSSR count). The number of anilines is 1. The molecular weight excluding hydrogens is 342 g/mol. The van der Waals surface area contributed by atoms with E-state index in [1.165, 1.54) is 16.5 Å². The molecule has 0 atom stereocenters. The van der Waals surface area contributed by atoms with E-state index in [0.717, 1.165) is 61.1 Å². The largest absolute Gasteiger partial charge is 0.378 e. The maximum absolute atomic E-state index is 12.8. The molecule has 0 spiro atoms. The van der Waals surface area contributed by atoms with E-state index in [9.17, 15) is 4.79 Å². The minimum absolute atomic E-state index is 0.0900. The third-order valence-corrected chi connectivity index (χ3v) is 6.25. The predicted octanol–water partition coefficient (Wildman–Crippen LogP) is 2.47. The topological polar surface area (TPSA) is 61.4 Å². The summed E-state index contributed by atoms with van der Waals surface area (Å²) in [6, 6.07) is 0. The first-order chi connectivity index (χ1) is 11.6. The quantitative estimate of drug-likeness (QED) is 0.882. The van der Waals surface area contributed by atoms with E-state index in [1.807, 2.05) is 18.9 Å². The minimum atomic E-state index is 0.0900. The van der Waals surface area contributed by atoms with Gasteiger partial charge in [-0.2, -0.15) is 4.37 Å². The van der Waals surface area contributed by atoms with Crippen LogP contribution in [0.25, 0.3) is 0 Å². The number of amides is 1. The zero-order valence-corrected chi connectivity index (χ0v) is 16.0. The van der Waals surface area contributed by atoms with E-state index in [-0.39, 0.29) is 5.91 Å². The highest BCUT2D eigenvalue weighted by Crippen LogP contribution is 2.26. The molecule has 1 amide bonds. The fraction of sp³-hybridized carbons (Fsp3) is 0.562. The van der Waals surface area contributed by atoms with Crippen molar-refractivity contribution in [2.45, 2.75) is 26.8 Å². The zero-order chi connectivity index (χ0) is 17.1. The van der Waals surface area contributed by atoms with Gasteiger partial charge in [-0.05, 0) is 24.9 Å². The van der Waals surface area contributed by atoms with E-state index in [0.29, 0.717) is 0 Å². The van der Waals surface area contributed by atoms with Crippen molar-refractivity contribution in [3.63, 3.8) is 0 Å². The number of nitrogens with zero attached hydrogens (tertiary/aromatic N) is 4. The van der Waals surface area contributed by atoms with Crippen LogP contribution in [0.5, 0.6) is 0 Å². The first-order valence-corrected chi connectivity index (χ1v) is 9.86. The second-order valence-electron chi connectivity index (χ2n) is 5.88. The third kappa shape index (κ3) is 3.60. The molecule has 0 saturated carbocycles. The summed E-state index contributed by atoms with van der Waals surface area (Å²) in [5, 5.41) is 7.27. The van der Waals surface area contributed by atoms with Gasteiger partial charge in [0.15, 0.2) is 0 Å². The molecule has 130 valence electrons. The maximum atomic E-state index is 12.8. The molecule has 2 aromatic heterocycles. The van der Waals surface area contributed by atoms with Crippen LogP contribution >= 0.6 is 22.9 Å². The number of aromatic nitrogens is 2. The van der Waals surface area contributed by atoms with Crippen molar-refractivity contribution < 1.29 is 4.79 Å². The SMILES string of the molecule is CCc1nc(CN2CCN(C(=O)c3c(C)nsc3NC)CC2)cs1. The Hall–Kier alpha value is -1.51. The molecule has 1 N–H and O–H groups in total. The summed E-state index contributed by atoms with van der Waals surface area (Å²) in [4.78, 5) is 21.7. The van der Waals surface area contributed by atoms with E-state index in [4.69, 9.17) is 0 Å². The normalized spacial score (nSPS) is 15.7. The van der Waals surface area contributed by atoms with Gasteiger partial charge in [-0.1, -0.05) is 6.92 Å². The van der Waals surface area contributed by atoms with Gasteiger partial charge in [0.05, 0.1) is 22.0 Å². The summed E-state index contributed by atoms with van der Waals surface area (Å²) < 4.78 is 4.30. The fourth-order valence-corrected chi connectivity index (χ4v) is 4.35. The van der Waals surface area contributed by atoms with Crippen LogP contribution in [-0.2, 0) is 13.0 Å². The minimum Gasteiger partial charge on any atom is -0.378 e. The van der Waals surface area contributed by atoms with Crippen LogP contribution in [0.2, 0.25) is 0 Å². The summed E-state index contributed by atoms with van der Waals surface area (Å²) in [7, 11) is 1.83. The van der Waals surface area contributed by atoms with Crippen LogP contribution in [0.3, 0.4) is 0 Å². The Morgan fingerprint density at radius 1 is 1.33 bits per heavy atom. The zero-order valence-electron chi connectivity index (χ0n) is 14.3. The van der Waals surface area contributed by atoms with Crippen molar-refractivity contribution in [1.29, 1.82) is 0 Å². The van der Waals surface area contributed by atoms with Gasteiger partial charge in [-0.15, -0.1) is 11.3 Å². The van der Waals surface area contributed by atoms with Gasteiger partial charge in [0.2, 0.25) is 0 Å². The number of hydrogen-bond acceptors (Lipinski definition) is 7. The highest BCUT2D eigenvalue weighted by atomic mass is 32.1. The smallest absolute Gasteiger partial charge is 0.258 e. The van der Waals surface area contributed by atoms with Crippen LogP contribution in [0.15, 0.2) is 5.38 Å². The number of nitrogens with one attached hydrogen (secondary N) is 1. The van der Waals surface area contributed by atoms with Gasteiger partial charge in [-0.3, -0.25) is 9.69 Å². The Morgan fingerprint density at radius 2 is 2.08 bits per heavy atom. The van der Waals surface area contributed by atoms with Crippen molar-refractivity contribution in [3.05, 3.63) is 27.3 Å². The molecule has 1 saturated heterocycles. The van der Waals surface area contributed by atoms with Crippen molar-refractivity contribution in [2.24, 2.45) is 0 Å². The molecule has 3 heterocycles. The lowest BCUT2D eigenvalue weighted by molar-refractivity contribution is 0.0627. The highest BCUT2D eigenvalue weighted by Gasteiger charge is 2.26. The number of piperazine rings is 1. The molecule has 8 heteroatoms. The van der Waals surface area contributed by atoms with Crippen LogP contribution < -0.4 is 5.32 Å². The van der Waals surface area contributed by atoms with Gasteiger partial charge < -0.3 is 10.2 Å². The van der Waals surface area contributed by atoms with Gasteiger partial charge in [-0.25, -0.2) is 4.98 Å². The van der Waals surface area contributed by atoms with Crippen LogP contribution in [0.4, 0.5) is 5.00 Å². The molecule has 1 fully saturated rings.